The van der Waals surface area contributed by atoms with E-state index < -0.39 is 8.07 Å². The maximum Gasteiger partial charge on any atom is 0.0705 e. The molecular weight excluding hydrogens is 246 g/mol. The number of para-hydroxylation sites is 1. The zero-order chi connectivity index (χ0) is 13.7. The summed E-state index contributed by atoms with van der Waals surface area (Å²) in [6.07, 6.45) is 1.16. The Bertz CT molecular complexity index is 523. The van der Waals surface area contributed by atoms with Crippen LogP contribution in [0.3, 0.4) is 0 Å². The van der Waals surface area contributed by atoms with Crippen LogP contribution in [-0.4, -0.2) is 13.1 Å². The van der Waals surface area contributed by atoms with E-state index in [-0.39, 0.29) is 0 Å². The van der Waals surface area contributed by atoms with Gasteiger partial charge >= 0.3 is 0 Å². The fourth-order valence-corrected chi connectivity index (χ4v) is 6.27. The molecule has 2 aromatic rings. The Morgan fingerprint density at radius 3 is 2.26 bits per heavy atom. The first kappa shape index (κ1) is 14.3. The van der Waals surface area contributed by atoms with E-state index in [9.17, 15) is 0 Å². The number of aromatic nitrogens is 1. The van der Waals surface area contributed by atoms with Gasteiger partial charge in [-0.2, -0.15) is 0 Å². The van der Waals surface area contributed by atoms with E-state index in [2.05, 4.69) is 57.2 Å². The second-order valence-corrected chi connectivity index (χ2v) is 11.2. The molecular formula is C17H25NSi. The molecule has 2 rings (SSSR count). The molecule has 0 saturated carbocycles. The summed E-state index contributed by atoms with van der Waals surface area (Å²) in [7, 11) is -1.01. The third-order valence-electron chi connectivity index (χ3n) is 4.82. The Labute approximate surface area is 118 Å². The number of nitrogens with zero attached hydrogens (tertiary/aromatic N) is 1. The Hall–Kier alpha value is -1.15. The van der Waals surface area contributed by atoms with Gasteiger partial charge in [0, 0.05) is 11.1 Å². The van der Waals surface area contributed by atoms with Crippen LogP contribution in [0.4, 0.5) is 0 Å². The van der Waals surface area contributed by atoms with Crippen LogP contribution in [0.25, 0.3) is 10.9 Å². The first-order valence-electron chi connectivity index (χ1n) is 7.57. The molecule has 0 aliphatic carbocycles. The molecule has 0 fully saturated rings. The first-order chi connectivity index (χ1) is 9.23. The van der Waals surface area contributed by atoms with Crippen LogP contribution in [0.1, 0.15) is 26.5 Å². The lowest BCUT2D eigenvalue weighted by Gasteiger charge is -2.27. The molecule has 2 heteroatoms. The first-order valence-corrected chi connectivity index (χ1v) is 10.4. The predicted molar refractivity (Wildman–Crippen MR) is 87.5 cm³/mol. The second kappa shape index (κ2) is 6.33. The minimum Gasteiger partial charge on any atom is -0.253 e. The second-order valence-electron chi connectivity index (χ2n) is 5.56. The molecule has 0 spiro atoms. The molecule has 0 amide bonds. The highest BCUT2D eigenvalue weighted by atomic mass is 28.3. The van der Waals surface area contributed by atoms with E-state index in [4.69, 9.17) is 4.98 Å². The molecule has 1 heterocycles. The Morgan fingerprint density at radius 2 is 1.58 bits per heavy atom. The number of aryl methyl sites for hydroxylation is 1. The minimum absolute atomic E-state index is 1.01. The molecule has 1 nitrogen and oxygen atoms in total. The van der Waals surface area contributed by atoms with Gasteiger partial charge in [-0.3, -0.25) is 4.98 Å². The van der Waals surface area contributed by atoms with Crippen LogP contribution in [0.2, 0.25) is 24.2 Å². The standard InChI is InChI=1S/C17H25NSi/c1-4-19(5-2,6-3)14-13-16-12-11-15-9-7-8-10-17(15)18-16/h7-12H,4-6,13-14H2,1-3H3. The highest BCUT2D eigenvalue weighted by Gasteiger charge is 2.26. The normalized spacial score (nSPS) is 11.9. The van der Waals surface area contributed by atoms with E-state index in [1.54, 1.807) is 0 Å². The van der Waals surface area contributed by atoms with Gasteiger partial charge in [-0.25, -0.2) is 0 Å². The highest BCUT2D eigenvalue weighted by Crippen LogP contribution is 2.26. The minimum atomic E-state index is -1.01. The quantitative estimate of drug-likeness (QED) is 0.651. The van der Waals surface area contributed by atoms with E-state index in [0.717, 1.165) is 11.9 Å². The van der Waals surface area contributed by atoms with E-state index in [0.29, 0.717) is 0 Å². The zero-order valence-corrected chi connectivity index (χ0v) is 13.4. The van der Waals surface area contributed by atoms with E-state index in [1.807, 2.05) is 0 Å². The van der Waals surface area contributed by atoms with Crippen LogP contribution in [0.15, 0.2) is 36.4 Å². The smallest absolute Gasteiger partial charge is 0.0705 e. The van der Waals surface area contributed by atoms with Gasteiger partial charge < -0.3 is 0 Å². The molecule has 0 aliphatic heterocycles. The molecule has 102 valence electrons. The molecule has 0 bridgehead atoms. The number of hydrogen-bond acceptors (Lipinski definition) is 1. The van der Waals surface area contributed by atoms with E-state index in [1.165, 1.54) is 35.3 Å². The fraction of sp³-hybridized carbons (Fsp3) is 0.471. The molecule has 0 atom stereocenters. The van der Waals surface area contributed by atoms with Crippen molar-refractivity contribution >= 4 is 19.0 Å². The van der Waals surface area contributed by atoms with Crippen molar-refractivity contribution in [2.45, 2.75) is 51.4 Å². The maximum atomic E-state index is 4.80. The zero-order valence-electron chi connectivity index (χ0n) is 12.4. The number of fused-ring (bicyclic) bond motifs is 1. The molecule has 0 radical (unpaired) electrons. The van der Waals surface area contributed by atoms with Gasteiger partial charge in [0.05, 0.1) is 13.6 Å². The molecule has 0 unspecified atom stereocenters. The Morgan fingerprint density at radius 1 is 0.895 bits per heavy atom. The van der Waals surface area contributed by atoms with Crippen molar-refractivity contribution in [3.8, 4) is 0 Å². The van der Waals surface area contributed by atoms with Crippen LogP contribution < -0.4 is 0 Å². The molecule has 0 aliphatic rings. The van der Waals surface area contributed by atoms with Gasteiger partial charge in [0.1, 0.15) is 0 Å². The van der Waals surface area contributed by atoms with Crippen molar-refractivity contribution in [1.82, 2.24) is 4.98 Å². The SMILES string of the molecule is CC[Si](CC)(CC)CCc1ccc2ccccc2n1. The van der Waals surface area contributed by atoms with Crippen molar-refractivity contribution < 1.29 is 0 Å². The summed E-state index contributed by atoms with van der Waals surface area (Å²) in [5, 5.41) is 1.25. The van der Waals surface area contributed by atoms with Crippen molar-refractivity contribution in [3.05, 3.63) is 42.1 Å². The average molecular weight is 271 g/mol. The monoisotopic (exact) mass is 271 g/mol. The molecule has 19 heavy (non-hydrogen) atoms. The average Bonchev–Trinajstić information content (AvgIpc) is 2.49. The lowest BCUT2D eigenvalue weighted by atomic mass is 10.2. The van der Waals surface area contributed by atoms with Gasteiger partial charge in [-0.05, 0) is 18.6 Å². The largest absolute Gasteiger partial charge is 0.253 e. The summed E-state index contributed by atoms with van der Waals surface area (Å²) in [6, 6.07) is 18.4. The van der Waals surface area contributed by atoms with Crippen LogP contribution in [0, 0.1) is 0 Å². The summed E-state index contributed by atoms with van der Waals surface area (Å²) in [4.78, 5) is 4.80. The summed E-state index contributed by atoms with van der Waals surface area (Å²) >= 11 is 0. The lowest BCUT2D eigenvalue weighted by Crippen LogP contribution is -2.31. The molecule has 0 saturated heterocycles. The Kier molecular flexibility index (Phi) is 4.75. The van der Waals surface area contributed by atoms with Crippen molar-refractivity contribution in [2.24, 2.45) is 0 Å². The lowest BCUT2D eigenvalue weighted by molar-refractivity contribution is 0.984. The molecule has 1 aromatic carbocycles. The van der Waals surface area contributed by atoms with Crippen molar-refractivity contribution in [3.63, 3.8) is 0 Å². The third-order valence-corrected chi connectivity index (χ3v) is 10.6. The maximum absolute atomic E-state index is 4.80. The van der Waals surface area contributed by atoms with E-state index >= 15 is 0 Å². The van der Waals surface area contributed by atoms with Crippen molar-refractivity contribution in [2.75, 3.05) is 0 Å². The highest BCUT2D eigenvalue weighted by molar-refractivity contribution is 6.79. The number of pyridine rings is 1. The summed E-state index contributed by atoms with van der Waals surface area (Å²) < 4.78 is 0. The fourth-order valence-electron chi connectivity index (χ4n) is 2.92. The van der Waals surface area contributed by atoms with Gasteiger partial charge in [-0.1, -0.05) is 69.2 Å². The van der Waals surface area contributed by atoms with Gasteiger partial charge in [-0.15, -0.1) is 0 Å². The topological polar surface area (TPSA) is 12.9 Å². The number of hydrogen-bond donors (Lipinski definition) is 0. The van der Waals surface area contributed by atoms with Gasteiger partial charge in [0.25, 0.3) is 0 Å². The van der Waals surface area contributed by atoms with Crippen LogP contribution >= 0.6 is 0 Å². The number of rotatable bonds is 6. The summed E-state index contributed by atoms with van der Waals surface area (Å²) in [5.74, 6) is 0. The van der Waals surface area contributed by atoms with Gasteiger partial charge in [0.15, 0.2) is 0 Å². The number of benzene rings is 1. The third kappa shape index (κ3) is 3.24. The van der Waals surface area contributed by atoms with Crippen LogP contribution in [0.5, 0.6) is 0 Å². The Balaban J connectivity index is 2.13. The molecule has 0 N–H and O–H groups in total. The molecule has 1 aromatic heterocycles. The predicted octanol–water partition coefficient (Wildman–Crippen LogP) is 5.29. The van der Waals surface area contributed by atoms with Gasteiger partial charge in [0.2, 0.25) is 0 Å². The van der Waals surface area contributed by atoms with Crippen LogP contribution in [-0.2, 0) is 6.42 Å². The summed E-state index contributed by atoms with van der Waals surface area (Å²) in [5.41, 5.74) is 2.41. The van der Waals surface area contributed by atoms with Crippen molar-refractivity contribution in [1.29, 1.82) is 0 Å². The summed E-state index contributed by atoms with van der Waals surface area (Å²) in [6.45, 7) is 7.15.